The van der Waals surface area contributed by atoms with Crippen molar-refractivity contribution < 1.29 is 9.59 Å². The number of nitrogens with one attached hydrogen (secondary N) is 1. The summed E-state index contributed by atoms with van der Waals surface area (Å²) in [6.45, 7) is 3.27. The van der Waals surface area contributed by atoms with Crippen LogP contribution in [-0.2, 0) is 4.79 Å². The number of halogens is 1. The topological polar surface area (TPSA) is 52.7 Å². The number of carbonyl (C=O) groups excluding carboxylic acids is 2. The molecule has 1 aromatic rings. The van der Waals surface area contributed by atoms with Gasteiger partial charge < -0.3 is 9.80 Å². The Morgan fingerprint density at radius 3 is 2.42 bits per heavy atom. The number of carbonyl (C=O) groups is 2. The molecule has 1 spiro atoms. The van der Waals surface area contributed by atoms with E-state index in [0.29, 0.717) is 29.7 Å². The van der Waals surface area contributed by atoms with Gasteiger partial charge in [-0.25, -0.2) is 0 Å². The van der Waals surface area contributed by atoms with Gasteiger partial charge in [0.15, 0.2) is 0 Å². The van der Waals surface area contributed by atoms with Gasteiger partial charge in [0.25, 0.3) is 5.91 Å². The molecule has 1 saturated carbocycles. The number of hydrogen-bond donors (Lipinski definition) is 1. The third-order valence-electron chi connectivity index (χ3n) is 5.44. The molecule has 0 aromatic heterocycles. The first-order valence-corrected chi connectivity index (χ1v) is 9.04. The van der Waals surface area contributed by atoms with E-state index in [1.54, 1.807) is 24.3 Å². The average Bonchev–Trinajstić information content (AvgIpc) is 3.37. The van der Waals surface area contributed by atoms with Gasteiger partial charge in [-0.3, -0.25) is 14.9 Å². The lowest BCUT2D eigenvalue weighted by Gasteiger charge is -2.45. The molecule has 0 radical (unpaired) electrons. The molecule has 1 aromatic carbocycles. The van der Waals surface area contributed by atoms with Crippen molar-refractivity contribution in [3.63, 3.8) is 0 Å². The molecule has 2 saturated heterocycles. The quantitative estimate of drug-likeness (QED) is 0.892. The first-order valence-electron chi connectivity index (χ1n) is 8.66. The number of benzene rings is 1. The maximum absolute atomic E-state index is 12.7. The molecule has 5 nitrogen and oxygen atoms in total. The zero-order valence-electron chi connectivity index (χ0n) is 13.8. The Bertz CT molecular complexity index is 663. The van der Waals surface area contributed by atoms with Crippen molar-refractivity contribution in [2.24, 2.45) is 0 Å². The van der Waals surface area contributed by atoms with Crippen LogP contribution in [0.2, 0.25) is 5.02 Å². The second-order valence-corrected chi connectivity index (χ2v) is 7.57. The first kappa shape index (κ1) is 15.9. The van der Waals surface area contributed by atoms with Crippen LogP contribution in [0.1, 0.15) is 43.0 Å². The minimum Gasteiger partial charge on any atom is -0.338 e. The highest BCUT2D eigenvalue weighted by molar-refractivity contribution is 6.30. The van der Waals surface area contributed by atoms with Gasteiger partial charge in [-0.15, -0.1) is 0 Å². The van der Waals surface area contributed by atoms with E-state index in [4.69, 9.17) is 11.6 Å². The third-order valence-corrected chi connectivity index (χ3v) is 5.69. The van der Waals surface area contributed by atoms with E-state index < -0.39 is 0 Å². The van der Waals surface area contributed by atoms with E-state index in [0.717, 1.165) is 25.7 Å². The molecule has 2 aliphatic heterocycles. The molecule has 1 N–H and O–H groups in total. The highest BCUT2D eigenvalue weighted by Crippen LogP contribution is 2.41. The summed E-state index contributed by atoms with van der Waals surface area (Å²) in [6, 6.07) is 7.30. The molecule has 3 fully saturated rings. The Morgan fingerprint density at radius 1 is 1.21 bits per heavy atom. The molecular weight excluding hydrogens is 326 g/mol. The lowest BCUT2D eigenvalue weighted by molar-refractivity contribution is -0.133. The van der Waals surface area contributed by atoms with E-state index in [1.165, 1.54) is 0 Å². The number of piperidine rings is 1. The Kier molecular flexibility index (Phi) is 3.81. The summed E-state index contributed by atoms with van der Waals surface area (Å²) >= 11 is 5.89. The van der Waals surface area contributed by atoms with Gasteiger partial charge in [0.05, 0.1) is 11.7 Å². The van der Waals surface area contributed by atoms with Gasteiger partial charge in [0.2, 0.25) is 5.91 Å². The van der Waals surface area contributed by atoms with Crippen LogP contribution >= 0.6 is 11.6 Å². The van der Waals surface area contributed by atoms with Crippen LogP contribution < -0.4 is 5.32 Å². The molecule has 4 rings (SSSR count). The van der Waals surface area contributed by atoms with Crippen molar-refractivity contribution in [1.82, 2.24) is 15.1 Å². The number of amides is 2. The molecule has 1 aliphatic carbocycles. The molecular formula is C18H22ClN3O2. The molecule has 24 heavy (non-hydrogen) atoms. The van der Waals surface area contributed by atoms with Gasteiger partial charge in [-0.2, -0.15) is 0 Å². The van der Waals surface area contributed by atoms with Crippen molar-refractivity contribution in [3.8, 4) is 0 Å². The summed E-state index contributed by atoms with van der Waals surface area (Å²) in [4.78, 5) is 29.1. The largest absolute Gasteiger partial charge is 0.338 e. The lowest BCUT2D eigenvalue weighted by atomic mass is 9.95. The summed E-state index contributed by atoms with van der Waals surface area (Å²) in [5.41, 5.74) is 0.410. The third kappa shape index (κ3) is 2.60. The highest BCUT2D eigenvalue weighted by atomic mass is 35.5. The summed E-state index contributed by atoms with van der Waals surface area (Å²) in [5, 5.41) is 4.15. The van der Waals surface area contributed by atoms with Crippen LogP contribution in [0, 0.1) is 0 Å². The molecule has 1 unspecified atom stereocenters. The highest BCUT2D eigenvalue weighted by Gasteiger charge is 2.54. The molecule has 128 valence electrons. The average molecular weight is 348 g/mol. The molecule has 1 atom stereocenters. The van der Waals surface area contributed by atoms with Gasteiger partial charge in [0.1, 0.15) is 0 Å². The second-order valence-electron chi connectivity index (χ2n) is 7.14. The van der Waals surface area contributed by atoms with Crippen molar-refractivity contribution in [2.45, 2.75) is 50.4 Å². The number of hydrogen-bond acceptors (Lipinski definition) is 3. The van der Waals surface area contributed by atoms with Crippen LogP contribution in [0.5, 0.6) is 0 Å². The van der Waals surface area contributed by atoms with Crippen molar-refractivity contribution in [2.75, 3.05) is 13.1 Å². The minimum absolute atomic E-state index is 0.0388. The van der Waals surface area contributed by atoms with Gasteiger partial charge in [0, 0.05) is 42.6 Å². The Labute approximate surface area is 146 Å². The minimum atomic E-state index is -0.256. The smallest absolute Gasteiger partial charge is 0.253 e. The van der Waals surface area contributed by atoms with E-state index in [-0.39, 0.29) is 23.5 Å². The maximum Gasteiger partial charge on any atom is 0.253 e. The predicted octanol–water partition coefficient (Wildman–Crippen LogP) is 2.25. The lowest BCUT2D eigenvalue weighted by Crippen LogP contribution is -2.60. The number of rotatable bonds is 2. The van der Waals surface area contributed by atoms with Gasteiger partial charge in [-0.1, -0.05) is 11.6 Å². The van der Waals surface area contributed by atoms with Gasteiger partial charge >= 0.3 is 0 Å². The molecule has 2 heterocycles. The van der Waals surface area contributed by atoms with E-state index in [9.17, 15) is 9.59 Å². The number of likely N-dealkylation sites (tertiary alicyclic amines) is 1. The van der Waals surface area contributed by atoms with Crippen molar-refractivity contribution in [3.05, 3.63) is 34.9 Å². The summed E-state index contributed by atoms with van der Waals surface area (Å²) in [7, 11) is 0. The Hall–Kier alpha value is -1.59. The van der Waals surface area contributed by atoms with Crippen LogP contribution in [0.3, 0.4) is 0 Å². The fraction of sp³-hybridized carbons (Fsp3) is 0.556. The summed E-state index contributed by atoms with van der Waals surface area (Å²) < 4.78 is 0. The van der Waals surface area contributed by atoms with E-state index >= 15 is 0 Å². The zero-order valence-corrected chi connectivity index (χ0v) is 14.6. The summed E-state index contributed by atoms with van der Waals surface area (Å²) in [5.74, 6) is 0.256. The second kappa shape index (κ2) is 5.74. The Morgan fingerprint density at radius 2 is 1.83 bits per heavy atom. The standard InChI is InChI=1S/C18H22ClN3O2/c1-12-16(23)22(15-6-7-15)18(20-12)8-10-21(11-9-18)17(24)13-2-4-14(19)5-3-13/h2-5,12,15,20H,6-11H2,1H3. The van der Waals surface area contributed by atoms with Crippen LogP contribution in [0.4, 0.5) is 0 Å². The van der Waals surface area contributed by atoms with Crippen molar-refractivity contribution >= 4 is 23.4 Å². The van der Waals surface area contributed by atoms with Crippen LogP contribution in [-0.4, -0.2) is 52.5 Å². The SMILES string of the molecule is CC1NC2(CCN(C(=O)c3ccc(Cl)cc3)CC2)N(C2CC2)C1=O. The zero-order chi connectivity index (χ0) is 16.9. The first-order chi connectivity index (χ1) is 11.5. The van der Waals surface area contributed by atoms with E-state index in [1.807, 2.05) is 11.8 Å². The predicted molar refractivity (Wildman–Crippen MR) is 91.8 cm³/mol. The fourth-order valence-corrected chi connectivity index (χ4v) is 4.18. The monoisotopic (exact) mass is 347 g/mol. The van der Waals surface area contributed by atoms with Gasteiger partial charge in [-0.05, 0) is 44.0 Å². The van der Waals surface area contributed by atoms with Crippen LogP contribution in [0.25, 0.3) is 0 Å². The van der Waals surface area contributed by atoms with Crippen molar-refractivity contribution in [1.29, 1.82) is 0 Å². The normalized spacial score (nSPS) is 26.2. The molecule has 0 bridgehead atoms. The summed E-state index contributed by atoms with van der Waals surface area (Å²) in [6.07, 6.45) is 3.79. The van der Waals surface area contributed by atoms with Crippen LogP contribution in [0.15, 0.2) is 24.3 Å². The number of nitrogens with zero attached hydrogens (tertiary/aromatic N) is 2. The maximum atomic E-state index is 12.7. The molecule has 3 aliphatic rings. The molecule has 2 amide bonds. The molecule has 6 heteroatoms. The van der Waals surface area contributed by atoms with E-state index in [2.05, 4.69) is 10.2 Å². The Balaban J connectivity index is 1.47. The fourth-order valence-electron chi connectivity index (χ4n) is 4.06.